The molecule has 0 spiro atoms. The van der Waals surface area contributed by atoms with Gasteiger partial charge in [0.15, 0.2) is 0 Å². The van der Waals surface area contributed by atoms with E-state index >= 15 is 0 Å². The maximum atomic E-state index is 9.66. The van der Waals surface area contributed by atoms with Gasteiger partial charge in [-0.1, -0.05) is 6.42 Å². The van der Waals surface area contributed by atoms with E-state index in [2.05, 4.69) is 15.3 Å². The molecule has 0 bridgehead atoms. The Labute approximate surface area is 107 Å². The minimum atomic E-state index is 0.244. The Kier molecular flexibility index (Phi) is 3.19. The van der Waals surface area contributed by atoms with Crippen molar-refractivity contribution >= 4 is 11.5 Å². The lowest BCUT2D eigenvalue weighted by molar-refractivity contribution is 0.0993. The average Bonchev–Trinajstić information content (AvgIpc) is 3.03. The Morgan fingerprint density at radius 3 is 3.24 bits per heavy atom. The first-order valence-electron chi connectivity index (χ1n) is 6.58. The third-order valence-corrected chi connectivity index (χ3v) is 5.45. The standard InChI is InChI=1S/C13H20N2OS/c16-10-13-5-1-2-12(13)15(9-6-13)8-4-11-3-7-14-17-11/h3,7,12,16H,1-2,4-6,8-10H2/t12-,13-/m1/s1. The van der Waals surface area contributed by atoms with Gasteiger partial charge in [0.2, 0.25) is 0 Å². The molecule has 2 aliphatic rings. The van der Waals surface area contributed by atoms with Crippen LogP contribution in [0, 0.1) is 5.41 Å². The van der Waals surface area contributed by atoms with Crippen LogP contribution in [-0.4, -0.2) is 40.1 Å². The van der Waals surface area contributed by atoms with Gasteiger partial charge in [-0.25, -0.2) is 4.37 Å². The number of hydrogen-bond acceptors (Lipinski definition) is 4. The summed E-state index contributed by atoms with van der Waals surface area (Å²) in [6, 6.07) is 2.76. The minimum absolute atomic E-state index is 0.244. The van der Waals surface area contributed by atoms with Crippen molar-refractivity contribution in [3.05, 3.63) is 17.1 Å². The first kappa shape index (κ1) is 11.6. The van der Waals surface area contributed by atoms with Gasteiger partial charge in [-0.15, -0.1) is 0 Å². The summed E-state index contributed by atoms with van der Waals surface area (Å²) >= 11 is 1.61. The van der Waals surface area contributed by atoms with Gasteiger partial charge in [0.1, 0.15) is 0 Å². The number of fused-ring (bicyclic) bond motifs is 1. The van der Waals surface area contributed by atoms with E-state index in [1.54, 1.807) is 11.5 Å². The van der Waals surface area contributed by atoms with Crippen molar-refractivity contribution in [1.29, 1.82) is 0 Å². The number of aliphatic hydroxyl groups excluding tert-OH is 1. The lowest BCUT2D eigenvalue weighted by Gasteiger charge is -2.30. The molecule has 2 fully saturated rings. The summed E-state index contributed by atoms with van der Waals surface area (Å²) in [6.45, 7) is 2.69. The van der Waals surface area contributed by atoms with Crippen LogP contribution in [0.3, 0.4) is 0 Å². The molecule has 2 atom stereocenters. The van der Waals surface area contributed by atoms with Crippen molar-refractivity contribution in [2.45, 2.75) is 38.1 Å². The van der Waals surface area contributed by atoms with E-state index in [9.17, 15) is 5.11 Å². The van der Waals surface area contributed by atoms with E-state index in [4.69, 9.17) is 0 Å². The third-order valence-electron chi connectivity index (χ3n) is 4.65. The van der Waals surface area contributed by atoms with Crippen LogP contribution < -0.4 is 0 Å². The molecule has 0 amide bonds. The number of likely N-dealkylation sites (tertiary alicyclic amines) is 1. The fraction of sp³-hybridized carbons (Fsp3) is 0.769. The second kappa shape index (κ2) is 4.67. The Morgan fingerprint density at radius 1 is 1.53 bits per heavy atom. The second-order valence-corrected chi connectivity index (χ2v) is 6.36. The SMILES string of the molecule is OC[C@]12CCC[C@H]1N(CCc1ccns1)CC2. The maximum Gasteiger partial charge on any atom is 0.0502 e. The minimum Gasteiger partial charge on any atom is -0.396 e. The molecule has 17 heavy (non-hydrogen) atoms. The summed E-state index contributed by atoms with van der Waals surface area (Å²) in [5.41, 5.74) is 0.244. The zero-order valence-electron chi connectivity index (χ0n) is 10.1. The predicted octanol–water partition coefficient (Wildman–Crippen LogP) is 1.92. The molecule has 1 aliphatic heterocycles. The molecule has 2 heterocycles. The monoisotopic (exact) mass is 252 g/mol. The molecular formula is C13H20N2OS. The van der Waals surface area contributed by atoms with Crippen molar-refractivity contribution < 1.29 is 5.11 Å². The van der Waals surface area contributed by atoms with Gasteiger partial charge in [0.25, 0.3) is 0 Å². The van der Waals surface area contributed by atoms with Crippen LogP contribution >= 0.6 is 11.5 Å². The number of hydrogen-bond donors (Lipinski definition) is 1. The van der Waals surface area contributed by atoms with E-state index < -0.39 is 0 Å². The molecule has 0 aromatic carbocycles. The third kappa shape index (κ3) is 2.02. The second-order valence-electron chi connectivity index (χ2n) is 5.44. The highest BCUT2D eigenvalue weighted by atomic mass is 32.1. The molecule has 1 saturated heterocycles. The Bertz CT molecular complexity index is 368. The lowest BCUT2D eigenvalue weighted by Crippen LogP contribution is -2.38. The van der Waals surface area contributed by atoms with E-state index in [0.717, 1.165) is 13.0 Å². The first-order valence-corrected chi connectivity index (χ1v) is 7.36. The molecule has 3 rings (SSSR count). The fourth-order valence-corrected chi connectivity index (χ4v) is 4.22. The van der Waals surface area contributed by atoms with Crippen molar-refractivity contribution in [2.24, 2.45) is 5.41 Å². The highest BCUT2D eigenvalue weighted by Gasteiger charge is 2.49. The van der Waals surface area contributed by atoms with Crippen LogP contribution in [-0.2, 0) is 6.42 Å². The number of nitrogens with zero attached hydrogens (tertiary/aromatic N) is 2. The van der Waals surface area contributed by atoms with Gasteiger partial charge >= 0.3 is 0 Å². The first-order chi connectivity index (χ1) is 8.34. The van der Waals surface area contributed by atoms with Crippen LogP contribution in [0.2, 0.25) is 0 Å². The molecule has 1 aromatic heterocycles. The molecule has 0 unspecified atom stereocenters. The van der Waals surface area contributed by atoms with Crippen LogP contribution in [0.4, 0.5) is 0 Å². The van der Waals surface area contributed by atoms with Gasteiger partial charge in [0.05, 0.1) is 6.61 Å². The van der Waals surface area contributed by atoms with E-state index in [0.29, 0.717) is 12.6 Å². The van der Waals surface area contributed by atoms with Crippen LogP contribution in [0.1, 0.15) is 30.6 Å². The van der Waals surface area contributed by atoms with Crippen LogP contribution in [0.5, 0.6) is 0 Å². The Morgan fingerprint density at radius 2 is 2.47 bits per heavy atom. The van der Waals surface area contributed by atoms with Gasteiger partial charge in [0, 0.05) is 29.1 Å². The summed E-state index contributed by atoms with van der Waals surface area (Å²) < 4.78 is 4.15. The van der Waals surface area contributed by atoms with Crippen molar-refractivity contribution in [1.82, 2.24) is 9.27 Å². The van der Waals surface area contributed by atoms with Crippen molar-refractivity contribution in [3.8, 4) is 0 Å². The summed E-state index contributed by atoms with van der Waals surface area (Å²) in [7, 11) is 0. The molecule has 3 nitrogen and oxygen atoms in total. The molecule has 1 aromatic rings. The quantitative estimate of drug-likeness (QED) is 0.889. The zero-order valence-corrected chi connectivity index (χ0v) is 11.0. The summed E-state index contributed by atoms with van der Waals surface area (Å²) in [5.74, 6) is 0. The number of rotatable bonds is 4. The van der Waals surface area contributed by atoms with Crippen LogP contribution in [0.15, 0.2) is 12.3 Å². The molecule has 0 radical (unpaired) electrons. The topological polar surface area (TPSA) is 36.4 Å². The highest BCUT2D eigenvalue weighted by Crippen LogP contribution is 2.48. The summed E-state index contributed by atoms with van der Waals surface area (Å²) in [4.78, 5) is 3.98. The van der Waals surface area contributed by atoms with Crippen LogP contribution in [0.25, 0.3) is 0 Å². The number of aromatic nitrogens is 1. The maximum absolute atomic E-state index is 9.66. The normalized spacial score (nSPS) is 33.1. The van der Waals surface area contributed by atoms with E-state index in [-0.39, 0.29) is 5.41 Å². The van der Waals surface area contributed by atoms with E-state index in [1.165, 1.54) is 37.1 Å². The van der Waals surface area contributed by atoms with Crippen molar-refractivity contribution in [3.63, 3.8) is 0 Å². The van der Waals surface area contributed by atoms with Gasteiger partial charge in [-0.3, -0.25) is 4.90 Å². The molecular weight excluding hydrogens is 232 g/mol. The fourth-order valence-electron chi connectivity index (χ4n) is 3.66. The molecule has 94 valence electrons. The van der Waals surface area contributed by atoms with Gasteiger partial charge in [-0.05, 0) is 49.8 Å². The molecule has 1 saturated carbocycles. The molecule has 4 heteroatoms. The van der Waals surface area contributed by atoms with Gasteiger partial charge in [-0.2, -0.15) is 0 Å². The largest absolute Gasteiger partial charge is 0.396 e. The Balaban J connectivity index is 1.62. The average molecular weight is 252 g/mol. The summed E-state index contributed by atoms with van der Waals surface area (Å²) in [6.07, 6.45) is 7.99. The zero-order chi connectivity index (χ0) is 11.7. The molecule has 1 aliphatic carbocycles. The number of aliphatic hydroxyl groups is 1. The predicted molar refractivity (Wildman–Crippen MR) is 69.2 cm³/mol. The van der Waals surface area contributed by atoms with E-state index in [1.807, 2.05) is 6.20 Å². The lowest BCUT2D eigenvalue weighted by atomic mass is 9.83. The highest BCUT2D eigenvalue weighted by molar-refractivity contribution is 7.05. The van der Waals surface area contributed by atoms with Gasteiger partial charge < -0.3 is 5.11 Å². The Hall–Kier alpha value is -0.450. The van der Waals surface area contributed by atoms with Crippen molar-refractivity contribution in [2.75, 3.05) is 19.7 Å². The summed E-state index contributed by atoms with van der Waals surface area (Å²) in [5, 5.41) is 9.66. The smallest absolute Gasteiger partial charge is 0.0502 e. The molecule has 1 N–H and O–H groups in total.